The van der Waals surface area contributed by atoms with Gasteiger partial charge in [-0.25, -0.2) is 4.98 Å². The Morgan fingerprint density at radius 2 is 1.60 bits per heavy atom. The van der Waals surface area contributed by atoms with Crippen molar-refractivity contribution in [3.05, 3.63) is 155 Å². The monoisotopic (exact) mass is 751 g/mol. The Morgan fingerprint density at radius 3 is 2.40 bits per heavy atom. The minimum Gasteiger partial charge on any atom is -0.508 e. The summed E-state index contributed by atoms with van der Waals surface area (Å²) < 4.78 is 15.1. The molecule has 0 aliphatic carbocycles. The lowest BCUT2D eigenvalue weighted by Gasteiger charge is -2.41. The van der Waals surface area contributed by atoms with Crippen LogP contribution in [0.25, 0.3) is 27.8 Å². The van der Waals surface area contributed by atoms with E-state index in [4.69, 9.17) is 9.47 Å². The summed E-state index contributed by atoms with van der Waals surface area (Å²) in [4.78, 5) is 21.8. The molecule has 5 aromatic carbocycles. The SMILES string of the molecule is CC1C(CSc2nnnn2-c2ccc(O)cc2)OC(c2cccc(-c3cccc(CNC(=O)c4cnc5ccccc5n4)c3)c2)OC1c1ccc(CO)cc1. The molecule has 1 amide bonds. The van der Waals surface area contributed by atoms with E-state index >= 15 is 0 Å². The summed E-state index contributed by atoms with van der Waals surface area (Å²) >= 11 is 1.48. The Morgan fingerprint density at radius 1 is 0.836 bits per heavy atom. The maximum atomic E-state index is 13.0. The van der Waals surface area contributed by atoms with Crippen molar-refractivity contribution in [1.29, 1.82) is 0 Å². The molecule has 1 saturated heterocycles. The zero-order valence-electron chi connectivity index (χ0n) is 29.8. The van der Waals surface area contributed by atoms with Gasteiger partial charge in [0.25, 0.3) is 5.91 Å². The maximum absolute atomic E-state index is 13.0. The fourth-order valence-electron chi connectivity index (χ4n) is 6.56. The van der Waals surface area contributed by atoms with E-state index in [1.165, 1.54) is 18.0 Å². The van der Waals surface area contributed by atoms with Crippen LogP contribution >= 0.6 is 11.8 Å². The second-order valence-corrected chi connectivity index (χ2v) is 14.3. The molecule has 13 heteroatoms. The second kappa shape index (κ2) is 16.2. The number of hydrogen-bond acceptors (Lipinski definition) is 11. The first-order valence-corrected chi connectivity index (χ1v) is 18.8. The largest absolute Gasteiger partial charge is 0.508 e. The number of aromatic nitrogens is 6. The maximum Gasteiger partial charge on any atom is 0.271 e. The minimum atomic E-state index is -0.678. The molecule has 3 N–H and O–H groups in total. The Labute approximate surface area is 321 Å². The number of aromatic hydroxyl groups is 1. The Hall–Kier alpha value is -5.99. The summed E-state index contributed by atoms with van der Waals surface area (Å²) in [5.74, 6) is 0.366. The normalized spacial score (nSPS) is 18.3. The summed E-state index contributed by atoms with van der Waals surface area (Å²) in [5, 5.41) is 35.3. The van der Waals surface area contributed by atoms with Crippen LogP contribution in [-0.4, -0.2) is 58.2 Å². The number of hydrogen-bond donors (Lipinski definition) is 3. The van der Waals surface area contributed by atoms with Gasteiger partial charge in [-0.15, -0.1) is 5.10 Å². The number of nitrogens with one attached hydrogen (secondary N) is 1. The van der Waals surface area contributed by atoms with Crippen LogP contribution in [0.15, 0.2) is 133 Å². The van der Waals surface area contributed by atoms with E-state index in [2.05, 4.69) is 49.9 Å². The quantitative estimate of drug-likeness (QED) is 0.117. The molecular weight excluding hydrogens is 715 g/mol. The number of nitrogens with zero attached hydrogens (tertiary/aromatic N) is 6. The van der Waals surface area contributed by atoms with Crippen molar-refractivity contribution in [2.45, 2.75) is 43.7 Å². The van der Waals surface area contributed by atoms with Crippen molar-refractivity contribution in [3.8, 4) is 22.6 Å². The van der Waals surface area contributed by atoms with Gasteiger partial charge >= 0.3 is 0 Å². The topological polar surface area (TPSA) is 157 Å². The fourth-order valence-corrected chi connectivity index (χ4v) is 7.61. The lowest BCUT2D eigenvalue weighted by Crippen LogP contribution is -2.38. The molecule has 1 aliphatic heterocycles. The number of phenols is 1. The van der Waals surface area contributed by atoms with Gasteiger partial charge in [0.1, 0.15) is 11.4 Å². The lowest BCUT2D eigenvalue weighted by molar-refractivity contribution is -0.268. The number of para-hydroxylation sites is 2. The van der Waals surface area contributed by atoms with Crippen LogP contribution in [0, 0.1) is 5.92 Å². The number of carbonyl (C=O) groups excluding carboxylic acids is 1. The van der Waals surface area contributed by atoms with Crippen LogP contribution in [-0.2, 0) is 22.6 Å². The highest BCUT2D eigenvalue weighted by Crippen LogP contribution is 2.43. The molecule has 1 fully saturated rings. The average molecular weight is 752 g/mol. The van der Waals surface area contributed by atoms with Gasteiger partial charge in [-0.1, -0.05) is 91.5 Å². The van der Waals surface area contributed by atoms with Crippen molar-refractivity contribution in [3.63, 3.8) is 0 Å². The van der Waals surface area contributed by atoms with E-state index in [-0.39, 0.29) is 42.1 Å². The predicted octanol–water partition coefficient (Wildman–Crippen LogP) is 6.98. The molecule has 0 bridgehead atoms. The van der Waals surface area contributed by atoms with Gasteiger partial charge in [0, 0.05) is 23.8 Å². The third-order valence-electron chi connectivity index (χ3n) is 9.59. The Bertz CT molecular complexity index is 2430. The molecule has 4 unspecified atom stereocenters. The molecule has 2 aromatic heterocycles. The fraction of sp³-hybridized carbons (Fsp3) is 0.190. The highest BCUT2D eigenvalue weighted by molar-refractivity contribution is 7.99. The summed E-state index contributed by atoms with van der Waals surface area (Å²) in [6.45, 7) is 2.39. The van der Waals surface area contributed by atoms with Crippen LogP contribution in [0.4, 0.5) is 0 Å². The van der Waals surface area contributed by atoms with E-state index < -0.39 is 6.29 Å². The first-order valence-electron chi connectivity index (χ1n) is 17.8. The van der Waals surface area contributed by atoms with E-state index in [0.717, 1.165) is 44.6 Å². The molecule has 55 heavy (non-hydrogen) atoms. The van der Waals surface area contributed by atoms with Crippen LogP contribution in [0.2, 0.25) is 0 Å². The summed E-state index contributed by atoms with van der Waals surface area (Å²) in [6.07, 6.45) is 0.268. The van der Waals surface area contributed by atoms with Crippen LogP contribution in [0.1, 0.15) is 52.1 Å². The van der Waals surface area contributed by atoms with Crippen LogP contribution in [0.3, 0.4) is 0 Å². The van der Waals surface area contributed by atoms with Crippen molar-refractivity contribution < 1.29 is 24.5 Å². The van der Waals surface area contributed by atoms with E-state index in [0.29, 0.717) is 23.0 Å². The van der Waals surface area contributed by atoms with E-state index in [9.17, 15) is 15.0 Å². The molecule has 7 aromatic rings. The smallest absolute Gasteiger partial charge is 0.271 e. The second-order valence-electron chi connectivity index (χ2n) is 13.3. The van der Waals surface area contributed by atoms with Crippen molar-refractivity contribution in [1.82, 2.24) is 35.5 Å². The third-order valence-corrected chi connectivity index (χ3v) is 10.6. The van der Waals surface area contributed by atoms with E-state index in [1.54, 1.807) is 28.9 Å². The summed E-state index contributed by atoms with van der Waals surface area (Å²) in [5.41, 5.74) is 7.95. The number of fused-ring (bicyclic) bond motifs is 1. The minimum absolute atomic E-state index is 0.0401. The molecule has 0 radical (unpaired) electrons. The number of aliphatic hydroxyl groups excluding tert-OH is 1. The number of benzene rings is 5. The van der Waals surface area contributed by atoms with Gasteiger partial charge in [0.2, 0.25) is 5.16 Å². The van der Waals surface area contributed by atoms with Crippen molar-refractivity contribution in [2.24, 2.45) is 5.92 Å². The molecule has 3 heterocycles. The number of tetrazole rings is 1. The number of thioether (sulfide) groups is 1. The molecule has 0 saturated carbocycles. The molecule has 0 spiro atoms. The van der Waals surface area contributed by atoms with Gasteiger partial charge in [-0.2, -0.15) is 4.68 Å². The summed E-state index contributed by atoms with van der Waals surface area (Å²) in [6, 6.07) is 38.1. The molecule has 12 nitrogen and oxygen atoms in total. The highest BCUT2D eigenvalue weighted by Gasteiger charge is 2.38. The van der Waals surface area contributed by atoms with E-state index in [1.807, 2.05) is 84.9 Å². The summed E-state index contributed by atoms with van der Waals surface area (Å²) in [7, 11) is 0. The van der Waals surface area contributed by atoms with Crippen LogP contribution in [0.5, 0.6) is 5.75 Å². The van der Waals surface area contributed by atoms with Crippen molar-refractivity contribution in [2.75, 3.05) is 5.75 Å². The standard InChI is InChI=1S/C42H37N7O5S/c1-26-38(25-55-42-46-47-48-49(42)33-16-18-34(51)19-17-33)53-41(54-39(26)29-14-12-27(24-50)13-15-29)32-9-5-8-31(21-32)30-7-4-6-28(20-30)22-44-40(52)37-23-43-35-10-2-3-11-36(35)45-37/h2-21,23,26,38-39,41,50-51H,22,24-25H2,1H3,(H,44,52). The number of rotatable bonds is 11. The predicted molar refractivity (Wildman–Crippen MR) is 207 cm³/mol. The van der Waals surface area contributed by atoms with Crippen molar-refractivity contribution >= 4 is 28.7 Å². The number of aliphatic hydroxyl groups is 1. The van der Waals surface area contributed by atoms with Gasteiger partial charge in [-0.3, -0.25) is 9.78 Å². The highest BCUT2D eigenvalue weighted by atomic mass is 32.2. The van der Waals surface area contributed by atoms with Gasteiger partial charge in [0.15, 0.2) is 6.29 Å². The number of phenolic OH excluding ortho intramolecular Hbond substituents is 1. The molecule has 8 rings (SSSR count). The van der Waals surface area contributed by atoms with Gasteiger partial charge < -0.3 is 25.0 Å². The van der Waals surface area contributed by atoms with Gasteiger partial charge in [0.05, 0.1) is 41.7 Å². The molecule has 4 atom stereocenters. The number of carbonyl (C=O) groups is 1. The van der Waals surface area contributed by atoms with Gasteiger partial charge in [-0.05, 0) is 86.8 Å². The Kier molecular flexibility index (Phi) is 10.6. The average Bonchev–Trinajstić information content (AvgIpc) is 3.71. The number of amides is 1. The first kappa shape index (κ1) is 36.0. The molecular formula is C42H37N7O5S. The Balaban J connectivity index is 1.01. The molecule has 276 valence electrons. The zero-order chi connectivity index (χ0) is 37.7. The van der Waals surface area contributed by atoms with Crippen LogP contribution < -0.4 is 5.32 Å². The lowest BCUT2D eigenvalue weighted by atomic mass is 9.91. The third kappa shape index (κ3) is 8.10. The zero-order valence-corrected chi connectivity index (χ0v) is 30.6. The first-order chi connectivity index (χ1) is 26.9. The number of ether oxygens (including phenoxy) is 2. The molecule has 1 aliphatic rings.